The van der Waals surface area contributed by atoms with Crippen LogP contribution in [0.1, 0.15) is 95.1 Å². The molecule has 0 spiro atoms. The zero-order valence-electron chi connectivity index (χ0n) is 35.6. The zero-order valence-corrected chi connectivity index (χ0v) is 35.6. The minimum atomic E-state index is -1.94. The van der Waals surface area contributed by atoms with E-state index in [4.69, 9.17) is 14.2 Å². The van der Waals surface area contributed by atoms with Gasteiger partial charge in [0.15, 0.2) is 5.75 Å². The number of fused-ring (bicyclic) bond motifs is 14. The maximum Gasteiger partial charge on any atom is 0.312 e. The second-order valence-electron chi connectivity index (χ2n) is 17.2. The van der Waals surface area contributed by atoms with E-state index in [1.807, 2.05) is 25.8 Å². The third-order valence-electron chi connectivity index (χ3n) is 13.0. The number of aliphatic hydroxyl groups excluding tert-OH is 2. The van der Waals surface area contributed by atoms with Crippen molar-refractivity contribution in [1.82, 2.24) is 9.91 Å². The number of phenolic OH excluding ortho intramolecular Hbond substituents is 3. The summed E-state index contributed by atoms with van der Waals surface area (Å²) in [5.41, 5.74) is -0.0776. The Morgan fingerprint density at radius 2 is 1.59 bits per heavy atom. The molecule has 0 radical (unpaired) electrons. The van der Waals surface area contributed by atoms with Crippen LogP contribution >= 0.6 is 0 Å². The number of piperazine rings is 1. The van der Waals surface area contributed by atoms with E-state index in [1.54, 1.807) is 45.3 Å². The van der Waals surface area contributed by atoms with Gasteiger partial charge in [-0.2, -0.15) is 5.10 Å². The van der Waals surface area contributed by atoms with E-state index in [0.29, 0.717) is 25.6 Å². The Bertz CT molecular complexity index is 2030. The van der Waals surface area contributed by atoms with Crippen LogP contribution in [0.3, 0.4) is 0 Å². The number of methoxy groups -OCH3 is 1. The number of nitrogens with one attached hydrogen (secondary N) is 1. The SMILES string of the molecule is CO[C@@H]1/C=C/O[C@@]2(C)Oc3c(C)c(O)c4c(O)c(c(C=NN5CCN(C6CCCC6)CC5)c(O)c4c3C2=O)NC(=O)/C(C)=C\C=C\[C@H](C)[C@H](O)[C@H](C)[C@H](O)[C@H](C)C[C@H]1C. The lowest BCUT2D eigenvalue weighted by molar-refractivity contribution is -0.112. The molecular formula is C45H62N4O10. The monoisotopic (exact) mass is 818 g/mol. The average molecular weight is 819 g/mol. The van der Waals surface area contributed by atoms with E-state index in [1.165, 1.54) is 52.0 Å². The number of ketones is 1. The van der Waals surface area contributed by atoms with Crippen LogP contribution in [-0.4, -0.2) is 117 Å². The van der Waals surface area contributed by atoms with E-state index in [9.17, 15) is 35.1 Å². The van der Waals surface area contributed by atoms with Crippen molar-refractivity contribution in [3.8, 4) is 23.0 Å². The van der Waals surface area contributed by atoms with Gasteiger partial charge in [-0.15, -0.1) is 0 Å². The van der Waals surface area contributed by atoms with Gasteiger partial charge in [-0.25, -0.2) is 0 Å². The summed E-state index contributed by atoms with van der Waals surface area (Å²) < 4.78 is 17.9. The lowest BCUT2D eigenvalue weighted by Gasteiger charge is -2.36. The number of phenols is 3. The molecule has 5 bridgehead atoms. The maximum atomic E-state index is 14.4. The first-order chi connectivity index (χ1) is 28.0. The van der Waals surface area contributed by atoms with Gasteiger partial charge in [0.05, 0.1) is 53.0 Å². The number of ether oxygens (including phenoxy) is 3. The van der Waals surface area contributed by atoms with E-state index in [-0.39, 0.29) is 62.2 Å². The average Bonchev–Trinajstić information content (AvgIpc) is 3.85. The summed E-state index contributed by atoms with van der Waals surface area (Å²) in [7, 11) is 1.55. The highest BCUT2D eigenvalue weighted by atomic mass is 16.7. The maximum absolute atomic E-state index is 14.4. The van der Waals surface area contributed by atoms with Crippen LogP contribution < -0.4 is 10.1 Å². The highest BCUT2D eigenvalue weighted by Gasteiger charge is 2.49. The van der Waals surface area contributed by atoms with Crippen LogP contribution in [0.2, 0.25) is 0 Å². The summed E-state index contributed by atoms with van der Waals surface area (Å²) >= 11 is 0. The highest BCUT2D eigenvalue weighted by Crippen LogP contribution is 2.55. The van der Waals surface area contributed by atoms with Crippen molar-refractivity contribution < 1.29 is 49.3 Å². The van der Waals surface area contributed by atoms with Crippen molar-refractivity contribution in [2.24, 2.45) is 28.8 Å². The molecule has 2 fully saturated rings. The minimum Gasteiger partial charge on any atom is -0.507 e. The molecule has 14 heteroatoms. The molecule has 5 aliphatic rings. The van der Waals surface area contributed by atoms with Gasteiger partial charge in [-0.05, 0) is 51.0 Å². The fourth-order valence-electron chi connectivity index (χ4n) is 9.14. The second kappa shape index (κ2) is 17.9. The van der Waals surface area contributed by atoms with Gasteiger partial charge < -0.3 is 45.1 Å². The molecule has 2 aromatic carbocycles. The first-order valence-corrected chi connectivity index (χ1v) is 20.9. The number of anilines is 1. The molecule has 0 aromatic heterocycles. The van der Waals surface area contributed by atoms with Crippen molar-refractivity contribution >= 4 is 34.4 Å². The summed E-state index contributed by atoms with van der Waals surface area (Å²) in [6.07, 6.45) is 12.5. The number of aliphatic hydroxyl groups is 2. The van der Waals surface area contributed by atoms with Crippen LogP contribution in [-0.2, 0) is 14.3 Å². The Morgan fingerprint density at radius 1 is 0.915 bits per heavy atom. The highest BCUT2D eigenvalue weighted by molar-refractivity contribution is 6.23. The number of benzene rings is 2. The smallest absolute Gasteiger partial charge is 0.312 e. The summed E-state index contributed by atoms with van der Waals surface area (Å²) in [5.74, 6) is -6.03. The molecule has 4 aliphatic heterocycles. The molecular weight excluding hydrogens is 757 g/mol. The van der Waals surface area contributed by atoms with Crippen molar-refractivity contribution in [2.45, 2.75) is 111 Å². The van der Waals surface area contributed by atoms with Crippen LogP contribution in [0, 0.1) is 30.6 Å². The van der Waals surface area contributed by atoms with E-state index >= 15 is 0 Å². The first-order valence-electron chi connectivity index (χ1n) is 20.9. The number of rotatable bonds is 4. The fraction of sp³-hybridized carbons (Fsp3) is 0.578. The van der Waals surface area contributed by atoms with Crippen molar-refractivity contribution in [3.05, 3.63) is 52.8 Å². The van der Waals surface area contributed by atoms with Crippen LogP contribution in [0.15, 0.2) is 41.2 Å². The third-order valence-corrected chi connectivity index (χ3v) is 13.0. The number of amides is 1. The first kappa shape index (κ1) is 43.9. The summed E-state index contributed by atoms with van der Waals surface area (Å²) in [5, 5.41) is 67.1. The van der Waals surface area contributed by atoms with Gasteiger partial charge in [-0.1, -0.05) is 58.8 Å². The van der Waals surface area contributed by atoms with Gasteiger partial charge in [0.25, 0.3) is 11.7 Å². The standard InChI is InChI=1S/C45H62N4O10/c1-24-12-11-13-25(2)44(56)47-36-31(23-46-49-19-17-48(18-20-49)30-14-9-10-15-30)40(53)33-34(41(36)54)39(52)29(6)42-35(33)43(55)45(7,59-42)58-21-16-32(57-8)26(3)22-27(4)38(51)28(5)37(24)50/h11-13,16,21,23-24,26-28,30,32,37-38,50-54H,9-10,14-15,17-20,22H2,1-8H3,(H,47,56)/b12-11+,21-16+,25-13-,46-23?/t24-,26+,27+,28-,32+,37-,38+,45-/m0/s1. The third kappa shape index (κ3) is 8.68. The van der Waals surface area contributed by atoms with Crippen LogP contribution in [0.4, 0.5) is 5.69 Å². The predicted octanol–water partition coefficient (Wildman–Crippen LogP) is 6.11. The van der Waals surface area contributed by atoms with Crippen LogP contribution in [0.25, 0.3) is 10.8 Å². The Labute approximate surface area is 346 Å². The van der Waals surface area contributed by atoms with E-state index in [0.717, 1.165) is 13.1 Å². The summed E-state index contributed by atoms with van der Waals surface area (Å²) in [6.45, 7) is 14.9. The predicted molar refractivity (Wildman–Crippen MR) is 226 cm³/mol. The summed E-state index contributed by atoms with van der Waals surface area (Å²) in [4.78, 5) is 30.7. The largest absolute Gasteiger partial charge is 0.507 e. The Balaban J connectivity index is 1.46. The molecule has 8 atom stereocenters. The fourth-order valence-corrected chi connectivity index (χ4v) is 9.14. The molecule has 1 amide bonds. The molecule has 1 saturated carbocycles. The number of allylic oxidation sites excluding steroid dienone is 2. The lowest BCUT2D eigenvalue weighted by atomic mass is 9.80. The minimum absolute atomic E-state index is 0.0330. The number of hydrazone groups is 1. The van der Waals surface area contributed by atoms with E-state index in [2.05, 4.69) is 15.3 Å². The normalized spacial score (nSPS) is 32.6. The van der Waals surface area contributed by atoms with Crippen molar-refractivity contribution in [3.63, 3.8) is 0 Å². The molecule has 322 valence electrons. The lowest BCUT2D eigenvalue weighted by Crippen LogP contribution is -2.47. The van der Waals surface area contributed by atoms with Gasteiger partial charge >= 0.3 is 5.79 Å². The number of aromatic hydroxyl groups is 3. The van der Waals surface area contributed by atoms with Crippen LogP contribution in [0.5, 0.6) is 23.0 Å². The molecule has 6 N–H and O–H groups in total. The molecule has 59 heavy (non-hydrogen) atoms. The second-order valence-corrected chi connectivity index (χ2v) is 17.2. The topological polar surface area (TPSA) is 194 Å². The molecule has 7 rings (SSSR count). The Kier molecular flexibility index (Phi) is 13.3. The Morgan fingerprint density at radius 3 is 2.25 bits per heavy atom. The molecule has 14 nitrogen and oxygen atoms in total. The number of hydrogen-bond donors (Lipinski definition) is 6. The molecule has 4 heterocycles. The molecule has 2 aromatic rings. The quantitative estimate of drug-likeness (QED) is 0.118. The van der Waals surface area contributed by atoms with Gasteiger partial charge in [0, 0.05) is 74.6 Å². The number of hydrogen-bond acceptors (Lipinski definition) is 13. The van der Waals surface area contributed by atoms with Crippen molar-refractivity contribution in [1.29, 1.82) is 0 Å². The number of carbonyl (C=O) groups is 2. The number of Topliss-reactive ketones (excluding diaryl/α,β-unsaturated/α-hetero) is 1. The molecule has 0 unspecified atom stereocenters. The molecule has 1 saturated heterocycles. The van der Waals surface area contributed by atoms with E-state index < -0.39 is 59.0 Å². The Hall–Kier alpha value is -4.63. The van der Waals surface area contributed by atoms with Crippen molar-refractivity contribution in [2.75, 3.05) is 38.6 Å². The van der Waals surface area contributed by atoms with Gasteiger partial charge in [0.1, 0.15) is 17.2 Å². The zero-order chi connectivity index (χ0) is 42.9. The van der Waals surface area contributed by atoms with Gasteiger partial charge in [0.2, 0.25) is 0 Å². The number of carbonyl (C=O) groups excluding carboxylic acids is 2. The number of nitrogens with zero attached hydrogens (tertiary/aromatic N) is 3. The van der Waals surface area contributed by atoms with Gasteiger partial charge in [-0.3, -0.25) is 19.5 Å². The molecule has 1 aliphatic carbocycles. The summed E-state index contributed by atoms with van der Waals surface area (Å²) in [6, 6.07) is 0.572.